The number of hydrogen-bond donors (Lipinski definition) is 2. The second-order valence-corrected chi connectivity index (χ2v) is 12.7. The molecule has 0 amide bonds. The highest BCUT2D eigenvalue weighted by molar-refractivity contribution is 6.74. The fraction of sp³-hybridized carbons (Fsp3) is 0.579. The molecule has 0 unspecified atom stereocenters. The summed E-state index contributed by atoms with van der Waals surface area (Å²) in [5, 5.41) is 20.7. The number of carbonyl (C=O) groups is 2. The van der Waals surface area contributed by atoms with Crippen LogP contribution < -0.4 is 4.43 Å². The van der Waals surface area contributed by atoms with Gasteiger partial charge in [0, 0.05) is 6.42 Å². The van der Waals surface area contributed by atoms with Crippen molar-refractivity contribution in [2.45, 2.75) is 57.0 Å². The Morgan fingerprint density at radius 2 is 1.59 bits per heavy atom. The lowest BCUT2D eigenvalue weighted by Gasteiger charge is -2.36. The largest absolute Gasteiger partial charge is 0.544 e. The van der Waals surface area contributed by atoms with E-state index in [-0.39, 0.29) is 11.5 Å². The molecule has 0 fully saturated rings. The lowest BCUT2D eigenvalue weighted by atomic mass is 9.89. The Bertz CT molecular complexity index is 664. The van der Waals surface area contributed by atoms with Crippen LogP contribution in [0.25, 0.3) is 0 Å². The van der Waals surface area contributed by atoms with Crippen molar-refractivity contribution >= 4 is 20.3 Å². The molecule has 0 saturated carbocycles. The fourth-order valence-electron chi connectivity index (χ4n) is 2.20. The molecule has 1 aromatic carbocycles. The van der Waals surface area contributed by atoms with Crippen LogP contribution in [0.4, 0.5) is 0 Å². The second-order valence-electron chi connectivity index (χ2n) is 8.02. The smallest absolute Gasteiger partial charge is 0.341 e. The van der Waals surface area contributed by atoms with Crippen LogP contribution in [0.2, 0.25) is 18.1 Å². The van der Waals surface area contributed by atoms with Crippen LogP contribution in [-0.2, 0) is 25.5 Å². The van der Waals surface area contributed by atoms with Crippen LogP contribution >= 0.6 is 0 Å². The van der Waals surface area contributed by atoms with E-state index in [4.69, 9.17) is 4.43 Å². The first-order valence-corrected chi connectivity index (χ1v) is 11.5. The number of esters is 2. The lowest BCUT2D eigenvalue weighted by molar-refractivity contribution is -0.187. The quantitative estimate of drug-likeness (QED) is 0.535. The van der Waals surface area contributed by atoms with Crippen LogP contribution in [0.3, 0.4) is 0 Å². The third-order valence-electron chi connectivity index (χ3n) is 4.99. The predicted molar refractivity (Wildman–Crippen MR) is 103 cm³/mol. The van der Waals surface area contributed by atoms with Crippen molar-refractivity contribution in [2.75, 3.05) is 14.2 Å². The third kappa shape index (κ3) is 5.30. The summed E-state index contributed by atoms with van der Waals surface area (Å²) in [4.78, 5) is 23.6. The van der Waals surface area contributed by atoms with E-state index in [1.54, 1.807) is 24.3 Å². The zero-order valence-electron chi connectivity index (χ0n) is 17.0. The summed E-state index contributed by atoms with van der Waals surface area (Å²) >= 11 is 0. The molecule has 152 valence electrons. The first-order chi connectivity index (χ1) is 12.3. The number of aliphatic hydroxyl groups is 2. The average molecular weight is 399 g/mol. The Morgan fingerprint density at radius 3 is 2.00 bits per heavy atom. The Balaban J connectivity index is 3.06. The topological polar surface area (TPSA) is 102 Å². The van der Waals surface area contributed by atoms with Crippen LogP contribution in [0.5, 0.6) is 5.75 Å². The molecule has 2 atom stereocenters. The van der Waals surface area contributed by atoms with Crippen molar-refractivity contribution in [1.29, 1.82) is 0 Å². The van der Waals surface area contributed by atoms with Crippen molar-refractivity contribution in [2.24, 2.45) is 0 Å². The molecular weight excluding hydrogens is 368 g/mol. The van der Waals surface area contributed by atoms with Gasteiger partial charge in [-0.25, -0.2) is 9.59 Å². The third-order valence-corrected chi connectivity index (χ3v) is 9.35. The van der Waals surface area contributed by atoms with Crippen molar-refractivity contribution in [1.82, 2.24) is 0 Å². The van der Waals surface area contributed by atoms with Gasteiger partial charge in [-0.15, -0.1) is 0 Å². The van der Waals surface area contributed by atoms with Crippen LogP contribution in [-0.4, -0.2) is 56.4 Å². The monoisotopic (exact) mass is 398 g/mol. The maximum absolute atomic E-state index is 12.0. The second kappa shape index (κ2) is 8.41. The summed E-state index contributed by atoms with van der Waals surface area (Å²) in [6.45, 7) is 10.7. The summed E-state index contributed by atoms with van der Waals surface area (Å²) in [6.07, 6.45) is -2.39. The average Bonchev–Trinajstić information content (AvgIpc) is 2.59. The molecule has 0 heterocycles. The molecule has 0 aliphatic heterocycles. The Kier molecular flexibility index (Phi) is 7.21. The van der Waals surface area contributed by atoms with Gasteiger partial charge in [-0.1, -0.05) is 32.9 Å². The van der Waals surface area contributed by atoms with E-state index in [1.807, 2.05) is 0 Å². The van der Waals surface area contributed by atoms with Crippen molar-refractivity contribution < 1.29 is 33.7 Å². The number of ether oxygens (including phenoxy) is 2. The van der Waals surface area contributed by atoms with E-state index in [9.17, 15) is 19.8 Å². The summed E-state index contributed by atoms with van der Waals surface area (Å²) in [6, 6.07) is 6.80. The Morgan fingerprint density at radius 1 is 1.07 bits per heavy atom. The maximum Gasteiger partial charge on any atom is 0.341 e. The molecule has 0 aromatic heterocycles. The van der Waals surface area contributed by atoms with Gasteiger partial charge >= 0.3 is 11.9 Å². The zero-order chi connectivity index (χ0) is 21.0. The molecule has 27 heavy (non-hydrogen) atoms. The van der Waals surface area contributed by atoms with Gasteiger partial charge in [-0.2, -0.15) is 0 Å². The highest BCUT2D eigenvalue weighted by Gasteiger charge is 2.49. The van der Waals surface area contributed by atoms with Crippen LogP contribution in [0, 0.1) is 0 Å². The first-order valence-electron chi connectivity index (χ1n) is 8.63. The number of hydrogen-bond acceptors (Lipinski definition) is 7. The summed E-state index contributed by atoms with van der Waals surface area (Å²) in [5.41, 5.74) is -1.93. The summed E-state index contributed by atoms with van der Waals surface area (Å²) in [5.74, 6) is -1.57. The van der Waals surface area contributed by atoms with Crippen LogP contribution in [0.1, 0.15) is 26.3 Å². The van der Waals surface area contributed by atoms with Crippen LogP contribution in [0.15, 0.2) is 24.3 Å². The van der Waals surface area contributed by atoms with Gasteiger partial charge in [0.15, 0.2) is 6.10 Å². The molecule has 1 aromatic rings. The summed E-state index contributed by atoms with van der Waals surface area (Å²) in [7, 11) is 0.119. The highest BCUT2D eigenvalue weighted by Crippen LogP contribution is 2.37. The molecule has 2 N–H and O–H groups in total. The minimum Gasteiger partial charge on any atom is -0.544 e. The molecular formula is C19H30O7Si. The van der Waals surface area contributed by atoms with Gasteiger partial charge in [0.1, 0.15) is 5.75 Å². The van der Waals surface area contributed by atoms with Crippen molar-refractivity contribution in [3.8, 4) is 5.75 Å². The molecule has 0 aliphatic carbocycles. The molecule has 0 saturated heterocycles. The molecule has 1 rings (SSSR count). The van der Waals surface area contributed by atoms with Gasteiger partial charge in [0.05, 0.1) is 14.2 Å². The van der Waals surface area contributed by atoms with E-state index in [1.165, 1.54) is 0 Å². The fourth-order valence-corrected chi connectivity index (χ4v) is 3.23. The molecule has 0 radical (unpaired) electrons. The lowest BCUT2D eigenvalue weighted by Crippen LogP contribution is -2.55. The highest BCUT2D eigenvalue weighted by atomic mass is 28.4. The predicted octanol–water partition coefficient (Wildman–Crippen LogP) is 2.05. The SMILES string of the molecule is COC(=O)[C@@H](O)[C@@](O)(Cc1ccc(O[Si](C)(C)C(C)(C)C)cc1)C(=O)OC. The van der Waals surface area contributed by atoms with Crippen molar-refractivity contribution in [3.05, 3.63) is 29.8 Å². The Hall–Kier alpha value is -1.90. The Labute approximate surface area is 161 Å². The minimum atomic E-state index is -2.45. The van der Waals surface area contributed by atoms with Gasteiger partial charge in [0.25, 0.3) is 0 Å². The number of methoxy groups -OCH3 is 2. The van der Waals surface area contributed by atoms with E-state index in [2.05, 4.69) is 43.3 Å². The van der Waals surface area contributed by atoms with Crippen molar-refractivity contribution in [3.63, 3.8) is 0 Å². The number of carbonyl (C=O) groups excluding carboxylic acids is 2. The van der Waals surface area contributed by atoms with Gasteiger partial charge in [0.2, 0.25) is 13.9 Å². The molecule has 0 aliphatic rings. The zero-order valence-corrected chi connectivity index (χ0v) is 18.0. The standard InChI is InChI=1S/C19H30O7Si/c1-18(2,3)27(6,7)26-14-10-8-13(9-11-14)12-19(23,17(22)25-5)15(20)16(21)24-4/h8-11,15,20,23H,12H2,1-7H3/t15-,19+/m1/s1. The maximum atomic E-state index is 12.0. The summed E-state index contributed by atoms with van der Waals surface area (Å²) < 4.78 is 15.2. The van der Waals surface area contributed by atoms with Gasteiger partial charge in [-0.3, -0.25) is 0 Å². The van der Waals surface area contributed by atoms with E-state index >= 15 is 0 Å². The van der Waals surface area contributed by atoms with E-state index in [0.29, 0.717) is 11.3 Å². The molecule has 8 heteroatoms. The minimum absolute atomic E-state index is 0.0431. The molecule has 0 bridgehead atoms. The number of benzene rings is 1. The van der Waals surface area contributed by atoms with E-state index < -0.39 is 32.0 Å². The van der Waals surface area contributed by atoms with E-state index in [0.717, 1.165) is 14.2 Å². The molecule has 7 nitrogen and oxygen atoms in total. The number of aliphatic hydroxyl groups excluding tert-OH is 1. The van der Waals surface area contributed by atoms with Gasteiger partial charge < -0.3 is 24.1 Å². The molecule has 0 spiro atoms. The first kappa shape index (κ1) is 23.1. The number of rotatable bonds is 7. The van der Waals surface area contributed by atoms with Gasteiger partial charge in [-0.05, 0) is 35.8 Å². The normalized spacial score (nSPS) is 15.4.